The Labute approximate surface area is 108 Å². The monoisotopic (exact) mass is 258 g/mol. The zero-order chi connectivity index (χ0) is 12.0. The van der Waals surface area contributed by atoms with E-state index in [-0.39, 0.29) is 0 Å². The molecule has 2 heterocycles. The van der Waals surface area contributed by atoms with Crippen LogP contribution in [0.25, 0.3) is 0 Å². The predicted molar refractivity (Wildman–Crippen MR) is 71.5 cm³/mol. The number of rotatable bonds is 8. The van der Waals surface area contributed by atoms with Gasteiger partial charge in [0.25, 0.3) is 0 Å². The zero-order valence-corrected chi connectivity index (χ0v) is 13.1. The van der Waals surface area contributed by atoms with Gasteiger partial charge in [0.15, 0.2) is 0 Å². The third kappa shape index (κ3) is 5.51. The molecule has 4 heteroatoms. The van der Waals surface area contributed by atoms with E-state index in [9.17, 15) is 0 Å². The summed E-state index contributed by atoms with van der Waals surface area (Å²) < 4.78 is 16.6. The van der Waals surface area contributed by atoms with Crippen molar-refractivity contribution in [1.29, 1.82) is 0 Å². The van der Waals surface area contributed by atoms with Gasteiger partial charge in [-0.3, -0.25) is 0 Å². The Bertz CT molecular complexity index is 213. The van der Waals surface area contributed by atoms with E-state index in [1.54, 1.807) is 0 Å². The van der Waals surface area contributed by atoms with Crippen molar-refractivity contribution in [3.05, 3.63) is 0 Å². The van der Waals surface area contributed by atoms with Crippen LogP contribution < -0.4 is 0 Å². The van der Waals surface area contributed by atoms with Gasteiger partial charge in [0.1, 0.15) is 6.10 Å². The summed E-state index contributed by atoms with van der Waals surface area (Å²) in [5.41, 5.74) is 0. The van der Waals surface area contributed by atoms with Crippen LogP contribution in [-0.4, -0.2) is 48.0 Å². The van der Waals surface area contributed by atoms with Crippen LogP contribution in [0, 0.1) is 0 Å². The van der Waals surface area contributed by atoms with E-state index < -0.39 is 0 Å². The lowest BCUT2D eigenvalue weighted by Crippen LogP contribution is -2.36. The van der Waals surface area contributed by atoms with Gasteiger partial charge in [-0.05, 0) is 32.1 Å². The van der Waals surface area contributed by atoms with E-state index in [0.29, 0.717) is 11.3 Å². The van der Waals surface area contributed by atoms with Crippen LogP contribution in [0.4, 0.5) is 0 Å². The van der Waals surface area contributed by atoms with Crippen molar-refractivity contribution in [2.24, 2.45) is 0 Å². The molecule has 0 bridgehead atoms. The summed E-state index contributed by atoms with van der Waals surface area (Å²) in [7, 11) is 1.19. The molecule has 2 aliphatic rings. The van der Waals surface area contributed by atoms with Crippen LogP contribution in [0.2, 0.25) is 0 Å². The minimum absolute atomic E-state index is 0.307. The molecule has 2 unspecified atom stereocenters. The summed E-state index contributed by atoms with van der Waals surface area (Å²) >= 11 is 0. The number of ether oxygens (including phenoxy) is 3. The van der Waals surface area contributed by atoms with E-state index in [1.807, 2.05) is 0 Å². The second-order valence-electron chi connectivity index (χ2n) is 5.60. The average molecular weight is 258 g/mol. The Hall–Kier alpha value is 0.0969. The molecule has 0 aliphatic carbocycles. The van der Waals surface area contributed by atoms with Crippen molar-refractivity contribution in [2.75, 3.05) is 26.4 Å². The van der Waals surface area contributed by atoms with Gasteiger partial charge in [0, 0.05) is 28.7 Å². The van der Waals surface area contributed by atoms with Crippen molar-refractivity contribution in [2.45, 2.75) is 56.3 Å². The summed E-state index contributed by atoms with van der Waals surface area (Å²) in [4.78, 5) is 0. The molecule has 2 fully saturated rings. The van der Waals surface area contributed by atoms with Gasteiger partial charge in [-0.25, -0.2) is 0 Å². The van der Waals surface area contributed by atoms with Crippen molar-refractivity contribution in [3.8, 4) is 0 Å². The molecular formula is C13H26O3Si. The van der Waals surface area contributed by atoms with Crippen LogP contribution in [0.5, 0.6) is 0 Å². The Kier molecular flexibility index (Phi) is 5.47. The summed E-state index contributed by atoms with van der Waals surface area (Å²) in [5.74, 6) is 0. The van der Waals surface area contributed by atoms with Gasteiger partial charge in [0.05, 0.1) is 13.2 Å². The highest BCUT2D eigenvalue weighted by Crippen LogP contribution is 2.27. The van der Waals surface area contributed by atoms with E-state index in [1.165, 1.54) is 55.2 Å². The first kappa shape index (κ1) is 13.5. The van der Waals surface area contributed by atoms with Gasteiger partial charge in [-0.15, -0.1) is 0 Å². The summed E-state index contributed by atoms with van der Waals surface area (Å²) in [5, 5.41) is 0.307. The first-order valence-electron chi connectivity index (χ1n) is 7.12. The molecular weight excluding hydrogens is 232 g/mol. The maximum atomic E-state index is 5.95. The maximum Gasteiger partial charge on any atom is 0.104 e. The lowest BCUT2D eigenvalue weighted by Gasteiger charge is -2.34. The zero-order valence-electron chi connectivity index (χ0n) is 11.1. The Morgan fingerprint density at radius 3 is 2.82 bits per heavy atom. The van der Waals surface area contributed by atoms with Crippen LogP contribution in [0.1, 0.15) is 44.9 Å². The molecule has 2 aliphatic heterocycles. The van der Waals surface area contributed by atoms with Crippen LogP contribution >= 0.6 is 0 Å². The van der Waals surface area contributed by atoms with Crippen molar-refractivity contribution < 1.29 is 14.2 Å². The van der Waals surface area contributed by atoms with Gasteiger partial charge in [-0.1, -0.05) is 12.8 Å². The van der Waals surface area contributed by atoms with Gasteiger partial charge >= 0.3 is 0 Å². The van der Waals surface area contributed by atoms with Crippen molar-refractivity contribution in [1.82, 2.24) is 0 Å². The van der Waals surface area contributed by atoms with Crippen LogP contribution in [0.15, 0.2) is 0 Å². The molecule has 100 valence electrons. The highest BCUT2D eigenvalue weighted by atomic mass is 28.1. The second kappa shape index (κ2) is 6.88. The van der Waals surface area contributed by atoms with E-state index in [0.717, 1.165) is 26.4 Å². The lowest BCUT2D eigenvalue weighted by atomic mass is 10.0. The average Bonchev–Trinajstić information content (AvgIpc) is 3.13. The minimum atomic E-state index is 0.307. The number of epoxide rings is 1. The molecule has 0 spiro atoms. The number of hydrogen-bond acceptors (Lipinski definition) is 3. The topological polar surface area (TPSA) is 31.0 Å². The Balaban J connectivity index is 1.41. The quantitative estimate of drug-likeness (QED) is 0.373. The first-order chi connectivity index (χ1) is 8.29. The van der Waals surface area contributed by atoms with Crippen molar-refractivity contribution >= 4 is 10.2 Å². The molecule has 0 aromatic heterocycles. The minimum Gasteiger partial charge on any atom is -0.380 e. The lowest BCUT2D eigenvalue weighted by molar-refractivity contribution is -0.0242. The largest absolute Gasteiger partial charge is 0.380 e. The number of unbranched alkanes of at least 4 members (excludes halogenated alkanes) is 2. The maximum absolute atomic E-state index is 5.95. The third-order valence-electron chi connectivity index (χ3n) is 3.75. The summed E-state index contributed by atoms with van der Waals surface area (Å²) in [6, 6.07) is 0. The van der Waals surface area contributed by atoms with Crippen molar-refractivity contribution in [3.63, 3.8) is 0 Å². The third-order valence-corrected chi connectivity index (χ3v) is 5.04. The molecule has 0 aromatic carbocycles. The molecule has 2 atom stereocenters. The molecule has 0 N–H and O–H groups in total. The molecule has 0 saturated carbocycles. The summed E-state index contributed by atoms with van der Waals surface area (Å²) in [6.07, 6.45) is 9.38. The highest BCUT2D eigenvalue weighted by molar-refractivity contribution is 6.14. The normalized spacial score (nSPS) is 32.8. The Morgan fingerprint density at radius 1 is 1.24 bits per heavy atom. The molecule has 0 radical (unpaired) electrons. The molecule has 17 heavy (non-hydrogen) atoms. The molecule has 2 rings (SSSR count). The van der Waals surface area contributed by atoms with Crippen LogP contribution in [0.3, 0.4) is 0 Å². The molecule has 0 aromatic rings. The fraction of sp³-hybridized carbons (Fsp3) is 1.00. The standard InChI is InChI=1S/C13H26O3Si/c17-13(7-3-5-9-16-13)6-2-1-4-8-14-10-12-11-15-12/h12H,1-11H2,17H3. The van der Waals surface area contributed by atoms with Gasteiger partial charge < -0.3 is 14.2 Å². The Morgan fingerprint density at radius 2 is 2.12 bits per heavy atom. The van der Waals surface area contributed by atoms with Gasteiger partial charge in [0.2, 0.25) is 0 Å². The van der Waals surface area contributed by atoms with E-state index in [2.05, 4.69) is 0 Å². The van der Waals surface area contributed by atoms with Gasteiger partial charge in [-0.2, -0.15) is 0 Å². The SMILES string of the molecule is [SiH3]C1(CCCCCOCC2CO2)CCCCO1. The van der Waals surface area contributed by atoms with Crippen LogP contribution in [-0.2, 0) is 14.2 Å². The number of hydrogen-bond donors (Lipinski definition) is 0. The first-order valence-corrected chi connectivity index (χ1v) is 8.12. The highest BCUT2D eigenvalue weighted by Gasteiger charge is 2.26. The summed E-state index contributed by atoms with van der Waals surface area (Å²) in [6.45, 7) is 3.59. The van der Waals surface area contributed by atoms with E-state index >= 15 is 0 Å². The fourth-order valence-corrected chi connectivity index (χ4v) is 3.36. The van der Waals surface area contributed by atoms with E-state index in [4.69, 9.17) is 14.2 Å². The second-order valence-corrected chi connectivity index (χ2v) is 7.42. The molecule has 2 saturated heterocycles. The molecule has 0 amide bonds. The fourth-order valence-electron chi connectivity index (χ4n) is 2.45. The smallest absolute Gasteiger partial charge is 0.104 e. The molecule has 3 nitrogen and oxygen atoms in total. The predicted octanol–water partition coefficient (Wildman–Crippen LogP) is 1.22.